The first-order valence-electron chi connectivity index (χ1n) is 6.69. The van der Waals surface area contributed by atoms with E-state index in [4.69, 9.17) is 11.1 Å². The third-order valence-electron chi connectivity index (χ3n) is 3.19. The van der Waals surface area contributed by atoms with Crippen LogP contribution in [0.4, 0.5) is 5.69 Å². The standard InChI is InChI=1S/C16H14N6/c17-14(8-6-11-4-2-1-3-5-11)13-10-12(7-9-15(13)18)16-19-21-22-20-16/h1-10,17H,18H2,(H,19,20,21,22)/b8-6+,17-14?. The molecular formula is C16H14N6. The number of benzene rings is 2. The lowest BCUT2D eigenvalue weighted by Crippen LogP contribution is -2.01. The summed E-state index contributed by atoms with van der Waals surface area (Å²) in [6.45, 7) is 0. The Morgan fingerprint density at radius 2 is 1.95 bits per heavy atom. The van der Waals surface area contributed by atoms with Gasteiger partial charge in [0.2, 0.25) is 5.82 Å². The Morgan fingerprint density at radius 3 is 2.68 bits per heavy atom. The van der Waals surface area contributed by atoms with Crippen molar-refractivity contribution in [3.8, 4) is 11.4 Å². The van der Waals surface area contributed by atoms with Crippen LogP contribution in [-0.4, -0.2) is 26.3 Å². The van der Waals surface area contributed by atoms with Gasteiger partial charge in [-0.25, -0.2) is 0 Å². The Morgan fingerprint density at radius 1 is 1.14 bits per heavy atom. The van der Waals surface area contributed by atoms with Crippen LogP contribution < -0.4 is 5.73 Å². The van der Waals surface area contributed by atoms with Crippen molar-refractivity contribution >= 4 is 17.5 Å². The van der Waals surface area contributed by atoms with Crippen LogP contribution in [0.5, 0.6) is 0 Å². The second-order valence-corrected chi connectivity index (χ2v) is 4.70. The van der Waals surface area contributed by atoms with Crippen LogP contribution in [0.1, 0.15) is 11.1 Å². The topological polar surface area (TPSA) is 104 Å². The highest BCUT2D eigenvalue weighted by molar-refractivity contribution is 6.12. The van der Waals surface area contributed by atoms with E-state index < -0.39 is 0 Å². The molecule has 0 aliphatic carbocycles. The van der Waals surface area contributed by atoms with E-state index in [1.807, 2.05) is 36.4 Å². The van der Waals surface area contributed by atoms with Crippen LogP contribution in [0, 0.1) is 5.41 Å². The molecule has 3 aromatic rings. The Labute approximate surface area is 127 Å². The number of nitrogens with two attached hydrogens (primary N) is 1. The van der Waals surface area contributed by atoms with E-state index in [1.54, 1.807) is 24.3 Å². The maximum absolute atomic E-state index is 8.21. The van der Waals surface area contributed by atoms with E-state index in [-0.39, 0.29) is 0 Å². The number of aromatic amines is 1. The quantitative estimate of drug-likeness (QED) is 0.507. The monoisotopic (exact) mass is 290 g/mol. The minimum absolute atomic E-state index is 0.326. The number of tetrazole rings is 1. The number of nitrogens with zero attached hydrogens (tertiary/aromatic N) is 3. The zero-order valence-electron chi connectivity index (χ0n) is 11.7. The summed E-state index contributed by atoms with van der Waals surface area (Å²) in [7, 11) is 0. The van der Waals surface area contributed by atoms with Crippen molar-refractivity contribution < 1.29 is 0 Å². The number of rotatable bonds is 4. The lowest BCUT2D eigenvalue weighted by atomic mass is 10.0. The lowest BCUT2D eigenvalue weighted by Gasteiger charge is -2.06. The summed E-state index contributed by atoms with van der Waals surface area (Å²) in [6.07, 6.45) is 3.60. The number of hydrogen-bond donors (Lipinski definition) is 3. The summed E-state index contributed by atoms with van der Waals surface area (Å²) in [6, 6.07) is 15.1. The van der Waals surface area contributed by atoms with E-state index in [9.17, 15) is 0 Å². The van der Waals surface area contributed by atoms with Crippen LogP contribution in [0.15, 0.2) is 54.6 Å². The molecular weight excluding hydrogens is 276 g/mol. The van der Waals surface area contributed by atoms with Crippen molar-refractivity contribution in [2.75, 3.05) is 5.73 Å². The zero-order chi connectivity index (χ0) is 15.4. The normalized spacial score (nSPS) is 10.9. The van der Waals surface area contributed by atoms with Crippen molar-refractivity contribution in [1.29, 1.82) is 5.41 Å². The SMILES string of the molecule is N=C(/C=C/c1ccccc1)c1cc(-c2nn[nH]n2)ccc1N. The molecule has 108 valence electrons. The predicted molar refractivity (Wildman–Crippen MR) is 86.3 cm³/mol. The third kappa shape index (κ3) is 2.90. The van der Waals surface area contributed by atoms with E-state index in [0.717, 1.165) is 11.1 Å². The molecule has 0 amide bonds. The molecule has 0 bridgehead atoms. The van der Waals surface area contributed by atoms with Gasteiger partial charge >= 0.3 is 0 Å². The molecule has 0 unspecified atom stereocenters. The number of aromatic nitrogens is 4. The van der Waals surface area contributed by atoms with Crippen molar-refractivity contribution in [2.24, 2.45) is 0 Å². The molecule has 6 heteroatoms. The molecule has 0 radical (unpaired) electrons. The van der Waals surface area contributed by atoms with Crippen molar-refractivity contribution in [2.45, 2.75) is 0 Å². The summed E-state index contributed by atoms with van der Waals surface area (Å²) >= 11 is 0. The second-order valence-electron chi connectivity index (χ2n) is 4.70. The van der Waals surface area contributed by atoms with Gasteiger partial charge in [0.05, 0.1) is 5.71 Å². The fourth-order valence-corrected chi connectivity index (χ4v) is 2.05. The average Bonchev–Trinajstić information content (AvgIpc) is 3.08. The van der Waals surface area contributed by atoms with Crippen LogP contribution in [0.2, 0.25) is 0 Å². The molecule has 1 heterocycles. The molecule has 6 nitrogen and oxygen atoms in total. The number of H-pyrrole nitrogens is 1. The summed E-state index contributed by atoms with van der Waals surface area (Å²) < 4.78 is 0. The lowest BCUT2D eigenvalue weighted by molar-refractivity contribution is 0.881. The van der Waals surface area contributed by atoms with Gasteiger partial charge in [0.25, 0.3) is 0 Å². The smallest absolute Gasteiger partial charge is 0.204 e. The summed E-state index contributed by atoms with van der Waals surface area (Å²) in [5, 5.41) is 22.0. The van der Waals surface area contributed by atoms with Gasteiger partial charge in [0, 0.05) is 16.8 Å². The van der Waals surface area contributed by atoms with Gasteiger partial charge in [-0.1, -0.05) is 36.4 Å². The molecule has 0 spiro atoms. The first kappa shape index (κ1) is 13.7. The number of nitrogens with one attached hydrogen (secondary N) is 2. The highest BCUT2D eigenvalue weighted by Gasteiger charge is 2.08. The van der Waals surface area contributed by atoms with Crippen molar-refractivity contribution in [3.05, 3.63) is 65.7 Å². The van der Waals surface area contributed by atoms with E-state index in [0.29, 0.717) is 22.8 Å². The van der Waals surface area contributed by atoms with Crippen LogP contribution in [-0.2, 0) is 0 Å². The molecule has 0 saturated heterocycles. The first-order valence-corrected chi connectivity index (χ1v) is 6.69. The second kappa shape index (κ2) is 6.01. The van der Waals surface area contributed by atoms with E-state index in [1.165, 1.54) is 0 Å². The molecule has 3 rings (SSSR count). The molecule has 0 aliphatic heterocycles. The fourth-order valence-electron chi connectivity index (χ4n) is 2.05. The minimum atomic E-state index is 0.326. The Bertz CT molecular complexity index is 806. The van der Waals surface area contributed by atoms with Gasteiger partial charge in [-0.2, -0.15) is 5.21 Å². The summed E-state index contributed by atoms with van der Waals surface area (Å²) in [4.78, 5) is 0. The third-order valence-corrected chi connectivity index (χ3v) is 3.19. The number of anilines is 1. The van der Waals surface area contributed by atoms with Gasteiger partial charge < -0.3 is 11.1 Å². The van der Waals surface area contributed by atoms with Gasteiger partial charge in [-0.15, -0.1) is 10.2 Å². The molecule has 0 saturated carbocycles. The molecule has 4 N–H and O–H groups in total. The van der Waals surface area contributed by atoms with Gasteiger partial charge in [-0.3, -0.25) is 0 Å². The van der Waals surface area contributed by atoms with Crippen molar-refractivity contribution in [3.63, 3.8) is 0 Å². The number of nitrogen functional groups attached to an aromatic ring is 1. The Kier molecular flexibility index (Phi) is 3.74. The van der Waals surface area contributed by atoms with Crippen LogP contribution in [0.3, 0.4) is 0 Å². The molecule has 2 aromatic carbocycles. The van der Waals surface area contributed by atoms with Gasteiger partial charge in [0.1, 0.15) is 0 Å². The highest BCUT2D eigenvalue weighted by atomic mass is 15.5. The first-order chi connectivity index (χ1) is 10.7. The van der Waals surface area contributed by atoms with Gasteiger partial charge in [-0.05, 0) is 35.1 Å². The average molecular weight is 290 g/mol. The molecule has 0 atom stereocenters. The van der Waals surface area contributed by atoms with Crippen LogP contribution in [0.25, 0.3) is 17.5 Å². The maximum Gasteiger partial charge on any atom is 0.204 e. The number of hydrogen-bond acceptors (Lipinski definition) is 5. The summed E-state index contributed by atoms with van der Waals surface area (Å²) in [5.41, 5.74) is 9.26. The molecule has 1 aromatic heterocycles. The molecule has 22 heavy (non-hydrogen) atoms. The minimum Gasteiger partial charge on any atom is -0.398 e. The van der Waals surface area contributed by atoms with E-state index in [2.05, 4.69) is 20.6 Å². The van der Waals surface area contributed by atoms with E-state index >= 15 is 0 Å². The Balaban J connectivity index is 1.89. The number of allylic oxidation sites excluding steroid dienone is 1. The highest BCUT2D eigenvalue weighted by Crippen LogP contribution is 2.21. The van der Waals surface area contributed by atoms with Crippen LogP contribution >= 0.6 is 0 Å². The predicted octanol–water partition coefficient (Wildman–Crippen LogP) is 2.53. The zero-order valence-corrected chi connectivity index (χ0v) is 11.7. The fraction of sp³-hybridized carbons (Fsp3) is 0. The van der Waals surface area contributed by atoms with Gasteiger partial charge in [0.15, 0.2) is 0 Å². The Hall–Kier alpha value is -3.28. The largest absolute Gasteiger partial charge is 0.398 e. The van der Waals surface area contributed by atoms with Crippen molar-refractivity contribution in [1.82, 2.24) is 20.6 Å². The molecule has 0 fully saturated rings. The summed E-state index contributed by atoms with van der Waals surface area (Å²) in [5.74, 6) is 0.473. The maximum atomic E-state index is 8.21. The molecule has 0 aliphatic rings.